The van der Waals surface area contributed by atoms with E-state index >= 15 is 0 Å². The number of rotatable bonds is 3. The summed E-state index contributed by atoms with van der Waals surface area (Å²) < 4.78 is 52.2. The van der Waals surface area contributed by atoms with Gasteiger partial charge in [-0.1, -0.05) is 11.6 Å². The van der Waals surface area contributed by atoms with Crippen LogP contribution in [0, 0.1) is 11.6 Å². The highest BCUT2D eigenvalue weighted by Crippen LogP contribution is 2.30. The van der Waals surface area contributed by atoms with Crippen LogP contribution in [0.4, 0.5) is 14.5 Å². The molecule has 0 amide bonds. The summed E-state index contributed by atoms with van der Waals surface area (Å²) in [6.45, 7) is 0. The van der Waals surface area contributed by atoms with E-state index in [2.05, 4.69) is 0 Å². The lowest BCUT2D eigenvalue weighted by Crippen LogP contribution is -2.14. The van der Waals surface area contributed by atoms with E-state index in [1.165, 1.54) is 0 Å². The number of nitrogens with one attached hydrogen (secondary N) is 1. The van der Waals surface area contributed by atoms with Crippen LogP contribution in [0.1, 0.15) is 0 Å². The van der Waals surface area contributed by atoms with Gasteiger partial charge in [0.05, 0.1) is 15.6 Å². The Labute approximate surface area is 118 Å². The lowest BCUT2D eigenvalue weighted by atomic mass is 10.3. The van der Waals surface area contributed by atoms with Crippen LogP contribution in [-0.2, 0) is 10.0 Å². The molecule has 2 aromatic rings. The van der Waals surface area contributed by atoms with Gasteiger partial charge in [-0.15, -0.1) is 0 Å². The van der Waals surface area contributed by atoms with E-state index in [-0.39, 0.29) is 9.92 Å². The van der Waals surface area contributed by atoms with Crippen molar-refractivity contribution >= 4 is 27.3 Å². The molecule has 0 radical (unpaired) electrons. The number of sulfonamides is 1. The van der Waals surface area contributed by atoms with Crippen molar-refractivity contribution in [3.8, 4) is 5.75 Å². The van der Waals surface area contributed by atoms with Crippen molar-refractivity contribution in [2.24, 2.45) is 0 Å². The van der Waals surface area contributed by atoms with E-state index in [0.717, 1.165) is 30.3 Å². The molecular formula is C12H8ClF2NO3S. The normalized spacial score (nSPS) is 11.3. The van der Waals surface area contributed by atoms with Gasteiger partial charge < -0.3 is 5.11 Å². The average Bonchev–Trinajstić information content (AvgIpc) is 2.36. The van der Waals surface area contributed by atoms with Crippen molar-refractivity contribution < 1.29 is 22.3 Å². The molecule has 2 rings (SSSR count). The maximum absolute atomic E-state index is 13.5. The van der Waals surface area contributed by atoms with Crippen molar-refractivity contribution in [1.82, 2.24) is 0 Å². The second-order valence-corrected chi connectivity index (χ2v) is 5.93. The van der Waals surface area contributed by atoms with Crippen LogP contribution >= 0.6 is 11.6 Å². The molecule has 0 spiro atoms. The van der Waals surface area contributed by atoms with E-state index in [1.807, 2.05) is 4.72 Å². The van der Waals surface area contributed by atoms with Gasteiger partial charge in [0.25, 0.3) is 10.0 Å². The van der Waals surface area contributed by atoms with E-state index < -0.39 is 33.1 Å². The molecular weight excluding hydrogens is 312 g/mol. The molecule has 2 aromatic carbocycles. The van der Waals surface area contributed by atoms with Gasteiger partial charge in [0.2, 0.25) is 0 Å². The van der Waals surface area contributed by atoms with Crippen LogP contribution in [-0.4, -0.2) is 13.5 Å². The van der Waals surface area contributed by atoms with E-state index in [9.17, 15) is 22.3 Å². The fourth-order valence-corrected chi connectivity index (χ4v) is 2.65. The molecule has 0 aliphatic carbocycles. The molecule has 0 aliphatic heterocycles. The number of aromatic hydroxyl groups is 1. The van der Waals surface area contributed by atoms with Crippen LogP contribution in [0.2, 0.25) is 5.02 Å². The zero-order chi connectivity index (χ0) is 14.9. The van der Waals surface area contributed by atoms with E-state index in [4.69, 9.17) is 11.6 Å². The Balaban J connectivity index is 2.38. The SMILES string of the molecule is O=S(=O)(Nc1cc(Cl)c(O)cc1F)c1ccc(F)cc1. The molecule has 0 atom stereocenters. The molecule has 0 saturated heterocycles. The highest BCUT2D eigenvalue weighted by Gasteiger charge is 2.17. The summed E-state index contributed by atoms with van der Waals surface area (Å²) in [7, 11) is -4.08. The Hall–Kier alpha value is -1.86. The summed E-state index contributed by atoms with van der Waals surface area (Å²) in [6, 6.07) is 5.64. The second kappa shape index (κ2) is 5.26. The predicted octanol–water partition coefficient (Wildman–Crippen LogP) is 3.12. The van der Waals surface area contributed by atoms with Gasteiger partial charge in [0, 0.05) is 6.07 Å². The predicted molar refractivity (Wildman–Crippen MR) is 70.3 cm³/mol. The summed E-state index contributed by atoms with van der Waals surface area (Å²) >= 11 is 5.58. The summed E-state index contributed by atoms with van der Waals surface area (Å²) in [5.41, 5.74) is -0.419. The summed E-state index contributed by atoms with van der Waals surface area (Å²) in [4.78, 5) is -0.234. The van der Waals surface area contributed by atoms with Gasteiger partial charge in [-0.2, -0.15) is 0 Å². The van der Waals surface area contributed by atoms with Crippen LogP contribution in [0.3, 0.4) is 0 Å². The molecule has 2 N–H and O–H groups in total. The first-order valence-electron chi connectivity index (χ1n) is 5.26. The fraction of sp³-hybridized carbons (Fsp3) is 0. The third kappa shape index (κ3) is 3.00. The average molecular weight is 320 g/mol. The maximum Gasteiger partial charge on any atom is 0.261 e. The number of hydrogen-bond donors (Lipinski definition) is 2. The van der Waals surface area contributed by atoms with Crippen LogP contribution in [0.15, 0.2) is 41.3 Å². The Morgan fingerprint density at radius 1 is 1.10 bits per heavy atom. The molecule has 0 unspecified atom stereocenters. The molecule has 0 fully saturated rings. The van der Waals surface area contributed by atoms with Crippen LogP contribution < -0.4 is 4.72 Å². The number of phenolic OH excluding ortho intramolecular Hbond substituents is 1. The standard InChI is InChI=1S/C12H8ClF2NO3S/c13-9-5-11(10(15)6-12(9)17)16-20(18,19)8-3-1-7(14)2-4-8/h1-6,16-17H. The molecule has 20 heavy (non-hydrogen) atoms. The van der Waals surface area contributed by atoms with Crippen molar-refractivity contribution in [3.63, 3.8) is 0 Å². The minimum Gasteiger partial charge on any atom is -0.506 e. The molecule has 0 bridgehead atoms. The third-order valence-electron chi connectivity index (χ3n) is 2.40. The van der Waals surface area contributed by atoms with Crippen LogP contribution in [0.5, 0.6) is 5.75 Å². The van der Waals surface area contributed by atoms with Crippen molar-refractivity contribution in [2.45, 2.75) is 4.90 Å². The quantitative estimate of drug-likeness (QED) is 0.854. The van der Waals surface area contributed by atoms with E-state index in [1.54, 1.807) is 0 Å². The van der Waals surface area contributed by atoms with Crippen molar-refractivity contribution in [2.75, 3.05) is 4.72 Å². The molecule has 0 aromatic heterocycles. The number of phenols is 1. The zero-order valence-corrected chi connectivity index (χ0v) is 11.3. The number of hydrogen-bond acceptors (Lipinski definition) is 3. The largest absolute Gasteiger partial charge is 0.506 e. The van der Waals surface area contributed by atoms with Crippen molar-refractivity contribution in [3.05, 3.63) is 53.1 Å². The van der Waals surface area contributed by atoms with E-state index in [0.29, 0.717) is 6.07 Å². The van der Waals surface area contributed by atoms with Crippen molar-refractivity contribution in [1.29, 1.82) is 0 Å². The Morgan fingerprint density at radius 2 is 1.70 bits per heavy atom. The van der Waals surface area contributed by atoms with Gasteiger partial charge >= 0.3 is 0 Å². The second-order valence-electron chi connectivity index (χ2n) is 3.84. The molecule has 8 heteroatoms. The fourth-order valence-electron chi connectivity index (χ4n) is 1.43. The van der Waals surface area contributed by atoms with Crippen LogP contribution in [0.25, 0.3) is 0 Å². The summed E-state index contributed by atoms with van der Waals surface area (Å²) in [5.74, 6) is -2.09. The molecule has 0 heterocycles. The maximum atomic E-state index is 13.5. The monoisotopic (exact) mass is 319 g/mol. The summed E-state index contributed by atoms with van der Waals surface area (Å²) in [5, 5.41) is 8.97. The molecule has 0 saturated carbocycles. The Morgan fingerprint density at radius 3 is 2.30 bits per heavy atom. The topological polar surface area (TPSA) is 66.4 Å². The highest BCUT2D eigenvalue weighted by atomic mass is 35.5. The molecule has 4 nitrogen and oxygen atoms in total. The first-order valence-corrected chi connectivity index (χ1v) is 7.12. The first-order chi connectivity index (χ1) is 9.29. The summed E-state index contributed by atoms with van der Waals surface area (Å²) in [6.07, 6.45) is 0. The first kappa shape index (κ1) is 14.5. The number of halogens is 3. The van der Waals surface area contributed by atoms with Gasteiger partial charge in [0.15, 0.2) is 5.82 Å². The zero-order valence-electron chi connectivity index (χ0n) is 9.77. The lowest BCUT2D eigenvalue weighted by molar-refractivity contribution is 0.470. The molecule has 0 aliphatic rings. The third-order valence-corrected chi connectivity index (χ3v) is 4.09. The number of benzene rings is 2. The highest BCUT2D eigenvalue weighted by molar-refractivity contribution is 7.92. The Bertz CT molecular complexity index is 748. The van der Waals surface area contributed by atoms with Gasteiger partial charge in [0.1, 0.15) is 11.6 Å². The lowest BCUT2D eigenvalue weighted by Gasteiger charge is -2.10. The minimum atomic E-state index is -4.08. The molecule has 106 valence electrons. The van der Waals surface area contributed by atoms with Gasteiger partial charge in [-0.3, -0.25) is 4.72 Å². The van der Waals surface area contributed by atoms with Gasteiger partial charge in [-0.25, -0.2) is 17.2 Å². The minimum absolute atomic E-state index is 0.205. The smallest absolute Gasteiger partial charge is 0.261 e. The number of anilines is 1. The van der Waals surface area contributed by atoms with Gasteiger partial charge in [-0.05, 0) is 30.3 Å². The Kier molecular flexibility index (Phi) is 3.82.